The van der Waals surface area contributed by atoms with Gasteiger partial charge >= 0.3 is 0 Å². The lowest BCUT2D eigenvalue weighted by molar-refractivity contribution is 0.0988. The zero-order valence-corrected chi connectivity index (χ0v) is 11.5. The number of carbonyl (C=O) groups is 1. The highest BCUT2D eigenvalue weighted by Gasteiger charge is 2.08. The molecule has 0 bridgehead atoms. The number of carbonyl (C=O) groups excluding carboxylic acids is 1. The normalized spacial score (nSPS) is 10.8. The topological polar surface area (TPSA) is 17.1 Å². The van der Waals surface area contributed by atoms with E-state index in [-0.39, 0.29) is 5.78 Å². The Labute approximate surface area is 116 Å². The van der Waals surface area contributed by atoms with Crippen LogP contribution in [0.3, 0.4) is 0 Å². The fourth-order valence-corrected chi connectivity index (χ4v) is 3.22. The van der Waals surface area contributed by atoms with E-state index in [4.69, 9.17) is 0 Å². The quantitative estimate of drug-likeness (QED) is 0.598. The van der Waals surface area contributed by atoms with Gasteiger partial charge in [-0.1, -0.05) is 43.3 Å². The summed E-state index contributed by atoms with van der Waals surface area (Å²) in [5, 5.41) is 3.37. The number of fused-ring (bicyclic) bond motifs is 1. The molecule has 0 saturated heterocycles. The van der Waals surface area contributed by atoms with Crippen molar-refractivity contribution in [3.8, 4) is 11.1 Å². The molecule has 94 valence electrons. The van der Waals surface area contributed by atoms with Crippen molar-refractivity contribution in [3.63, 3.8) is 0 Å². The Balaban J connectivity index is 2.16. The number of benzene rings is 2. The van der Waals surface area contributed by atoms with Gasteiger partial charge in [-0.05, 0) is 34.0 Å². The Morgan fingerprint density at radius 1 is 1.11 bits per heavy atom. The third kappa shape index (κ3) is 2.20. The molecule has 0 amide bonds. The van der Waals surface area contributed by atoms with Crippen molar-refractivity contribution in [2.24, 2.45) is 0 Å². The molecule has 1 nitrogen and oxygen atoms in total. The second-order valence-electron chi connectivity index (χ2n) is 4.50. The summed E-state index contributed by atoms with van der Waals surface area (Å²) >= 11 is 1.74. The molecule has 3 rings (SSSR count). The molecule has 0 N–H and O–H groups in total. The molecule has 0 aliphatic rings. The van der Waals surface area contributed by atoms with Gasteiger partial charge in [-0.15, -0.1) is 11.3 Å². The molecule has 0 radical (unpaired) electrons. The summed E-state index contributed by atoms with van der Waals surface area (Å²) in [6, 6.07) is 16.4. The average molecular weight is 266 g/mol. The summed E-state index contributed by atoms with van der Waals surface area (Å²) in [4.78, 5) is 11.8. The fourth-order valence-electron chi connectivity index (χ4n) is 2.28. The number of rotatable bonds is 3. The van der Waals surface area contributed by atoms with E-state index in [9.17, 15) is 4.79 Å². The van der Waals surface area contributed by atoms with Crippen molar-refractivity contribution in [2.75, 3.05) is 0 Å². The van der Waals surface area contributed by atoms with E-state index in [0.29, 0.717) is 6.42 Å². The SMILES string of the molecule is CCC(=O)c1cccc(-c2cccc3ccsc23)c1. The van der Waals surface area contributed by atoms with Crippen LogP contribution >= 0.6 is 11.3 Å². The molecule has 2 aromatic carbocycles. The summed E-state index contributed by atoms with van der Waals surface area (Å²) in [7, 11) is 0. The van der Waals surface area contributed by atoms with Crippen LogP contribution in [-0.4, -0.2) is 5.78 Å². The van der Waals surface area contributed by atoms with Gasteiger partial charge in [0, 0.05) is 16.7 Å². The van der Waals surface area contributed by atoms with Crippen molar-refractivity contribution >= 4 is 27.2 Å². The van der Waals surface area contributed by atoms with Gasteiger partial charge in [0.25, 0.3) is 0 Å². The van der Waals surface area contributed by atoms with Crippen LogP contribution in [0.25, 0.3) is 21.2 Å². The smallest absolute Gasteiger partial charge is 0.162 e. The summed E-state index contributed by atoms with van der Waals surface area (Å²) in [6.45, 7) is 1.90. The molecule has 0 saturated carbocycles. The molecular formula is C17H14OS. The molecule has 1 heterocycles. The molecule has 19 heavy (non-hydrogen) atoms. The summed E-state index contributed by atoms with van der Waals surface area (Å²) in [5.41, 5.74) is 3.12. The first-order valence-electron chi connectivity index (χ1n) is 6.39. The summed E-state index contributed by atoms with van der Waals surface area (Å²) < 4.78 is 1.28. The molecular weight excluding hydrogens is 252 g/mol. The van der Waals surface area contributed by atoms with Crippen LogP contribution in [0.15, 0.2) is 53.9 Å². The van der Waals surface area contributed by atoms with Gasteiger partial charge in [-0.25, -0.2) is 0 Å². The van der Waals surface area contributed by atoms with E-state index < -0.39 is 0 Å². The van der Waals surface area contributed by atoms with Crippen molar-refractivity contribution in [1.29, 1.82) is 0 Å². The second-order valence-corrected chi connectivity index (χ2v) is 5.42. The highest BCUT2D eigenvalue weighted by atomic mass is 32.1. The standard InChI is InChI=1S/C17H14OS/c1-2-16(18)14-7-3-6-13(11-14)15-8-4-5-12-9-10-19-17(12)15/h3-11H,2H2,1H3. The lowest BCUT2D eigenvalue weighted by Gasteiger charge is -2.05. The van der Waals surface area contributed by atoms with Crippen LogP contribution in [0.2, 0.25) is 0 Å². The van der Waals surface area contributed by atoms with Gasteiger partial charge in [0.1, 0.15) is 0 Å². The third-order valence-corrected chi connectivity index (χ3v) is 4.26. The number of hydrogen-bond donors (Lipinski definition) is 0. The molecule has 0 aliphatic carbocycles. The molecule has 0 spiro atoms. The first kappa shape index (κ1) is 12.1. The molecule has 2 heteroatoms. The molecule has 0 aliphatic heterocycles. The molecule has 0 atom stereocenters. The van der Waals surface area contributed by atoms with Gasteiger partial charge < -0.3 is 0 Å². The van der Waals surface area contributed by atoms with Crippen LogP contribution < -0.4 is 0 Å². The van der Waals surface area contributed by atoms with Crippen molar-refractivity contribution in [3.05, 3.63) is 59.5 Å². The monoisotopic (exact) mass is 266 g/mol. The largest absolute Gasteiger partial charge is 0.294 e. The molecule has 0 fully saturated rings. The minimum absolute atomic E-state index is 0.195. The Kier molecular flexibility index (Phi) is 3.18. The van der Waals surface area contributed by atoms with Crippen molar-refractivity contribution in [1.82, 2.24) is 0 Å². The lowest BCUT2D eigenvalue weighted by atomic mass is 10.00. The Hall–Kier alpha value is -1.93. The zero-order valence-electron chi connectivity index (χ0n) is 10.7. The van der Waals surface area contributed by atoms with E-state index in [2.05, 4.69) is 35.7 Å². The van der Waals surface area contributed by atoms with E-state index >= 15 is 0 Å². The van der Waals surface area contributed by atoms with E-state index in [0.717, 1.165) is 11.1 Å². The van der Waals surface area contributed by atoms with E-state index in [1.165, 1.54) is 15.6 Å². The van der Waals surface area contributed by atoms with Crippen LogP contribution in [-0.2, 0) is 0 Å². The fraction of sp³-hybridized carbons (Fsp3) is 0.118. The third-order valence-electron chi connectivity index (χ3n) is 3.30. The Bertz CT molecular complexity index is 740. The van der Waals surface area contributed by atoms with Crippen LogP contribution in [0.4, 0.5) is 0 Å². The zero-order chi connectivity index (χ0) is 13.2. The lowest BCUT2D eigenvalue weighted by Crippen LogP contribution is -1.96. The maximum absolute atomic E-state index is 11.8. The average Bonchev–Trinajstić information content (AvgIpc) is 2.94. The second kappa shape index (κ2) is 4.98. The van der Waals surface area contributed by atoms with Gasteiger partial charge in [0.2, 0.25) is 0 Å². The predicted octanol–water partition coefficient (Wildman–Crippen LogP) is 5.16. The van der Waals surface area contributed by atoms with Crippen molar-refractivity contribution < 1.29 is 4.79 Å². The summed E-state index contributed by atoms with van der Waals surface area (Å²) in [6.07, 6.45) is 0.548. The summed E-state index contributed by atoms with van der Waals surface area (Å²) in [5.74, 6) is 0.195. The molecule has 0 unspecified atom stereocenters. The van der Waals surface area contributed by atoms with Crippen molar-refractivity contribution in [2.45, 2.75) is 13.3 Å². The minimum atomic E-state index is 0.195. The Morgan fingerprint density at radius 3 is 2.79 bits per heavy atom. The Morgan fingerprint density at radius 2 is 1.95 bits per heavy atom. The number of Topliss-reactive ketones (excluding diaryl/α,β-unsaturated/α-hetero) is 1. The van der Waals surface area contributed by atoms with Gasteiger partial charge in [-0.2, -0.15) is 0 Å². The van der Waals surface area contributed by atoms with E-state index in [1.807, 2.05) is 25.1 Å². The number of hydrogen-bond acceptors (Lipinski definition) is 2. The highest BCUT2D eigenvalue weighted by Crippen LogP contribution is 2.32. The molecule has 3 aromatic rings. The predicted molar refractivity (Wildman–Crippen MR) is 81.9 cm³/mol. The molecule has 1 aromatic heterocycles. The van der Waals surface area contributed by atoms with Gasteiger partial charge in [0.05, 0.1) is 0 Å². The maximum Gasteiger partial charge on any atom is 0.162 e. The minimum Gasteiger partial charge on any atom is -0.294 e. The number of thiophene rings is 1. The first-order valence-corrected chi connectivity index (χ1v) is 7.27. The van der Waals surface area contributed by atoms with Crippen LogP contribution in [0, 0.1) is 0 Å². The van der Waals surface area contributed by atoms with E-state index in [1.54, 1.807) is 11.3 Å². The number of ketones is 1. The highest BCUT2D eigenvalue weighted by molar-refractivity contribution is 7.17. The van der Waals surface area contributed by atoms with Crippen LogP contribution in [0.5, 0.6) is 0 Å². The van der Waals surface area contributed by atoms with Gasteiger partial charge in [-0.3, -0.25) is 4.79 Å². The van der Waals surface area contributed by atoms with Gasteiger partial charge in [0.15, 0.2) is 5.78 Å². The maximum atomic E-state index is 11.8. The first-order chi connectivity index (χ1) is 9.29. The van der Waals surface area contributed by atoms with Crippen LogP contribution in [0.1, 0.15) is 23.7 Å².